The van der Waals surface area contributed by atoms with E-state index < -0.39 is 66.9 Å². The zero-order valence-electron chi connectivity index (χ0n) is 19.1. The summed E-state index contributed by atoms with van der Waals surface area (Å²) in [5.74, 6) is -5.29. The van der Waals surface area contributed by atoms with Crippen LogP contribution in [0, 0.1) is 0 Å². The van der Waals surface area contributed by atoms with E-state index in [-0.39, 0.29) is 18.6 Å². The minimum Gasteiger partial charge on any atom is -0.481 e. The fourth-order valence-electron chi connectivity index (χ4n) is 3.36. The number of aliphatic carboxylic acids is 2. The van der Waals surface area contributed by atoms with Gasteiger partial charge in [0, 0.05) is 35.7 Å². The molecule has 0 radical (unpaired) electrons. The minimum absolute atomic E-state index is 0.0255. The van der Waals surface area contributed by atoms with E-state index in [1.807, 2.05) is 12.1 Å². The quantitative estimate of drug-likeness (QED) is 0.129. The molecule has 4 atom stereocenters. The van der Waals surface area contributed by atoms with Gasteiger partial charge in [-0.05, 0) is 18.1 Å². The number of amides is 3. The van der Waals surface area contributed by atoms with Crippen LogP contribution in [0.2, 0.25) is 0 Å². The van der Waals surface area contributed by atoms with Gasteiger partial charge < -0.3 is 42.0 Å². The van der Waals surface area contributed by atoms with E-state index in [1.54, 1.807) is 18.3 Å². The van der Waals surface area contributed by atoms with Crippen molar-refractivity contribution in [3.63, 3.8) is 0 Å². The zero-order chi connectivity index (χ0) is 26.8. The van der Waals surface area contributed by atoms with Gasteiger partial charge in [-0.2, -0.15) is 12.6 Å². The second kappa shape index (κ2) is 13.5. The van der Waals surface area contributed by atoms with Crippen molar-refractivity contribution >= 4 is 53.2 Å². The topological polar surface area (TPSA) is 224 Å². The molecule has 1 aromatic heterocycles. The highest BCUT2D eigenvalue weighted by molar-refractivity contribution is 7.80. The number of hydrogen-bond acceptors (Lipinski definition) is 8. The largest absolute Gasteiger partial charge is 0.481 e. The maximum Gasteiger partial charge on any atom is 0.326 e. The van der Waals surface area contributed by atoms with Crippen molar-refractivity contribution in [3.05, 3.63) is 36.0 Å². The number of thiol groups is 1. The van der Waals surface area contributed by atoms with Crippen molar-refractivity contribution in [1.82, 2.24) is 20.9 Å². The molecule has 0 saturated heterocycles. The first-order valence-electron chi connectivity index (χ1n) is 10.9. The number of carboxylic acid groups (broad SMARTS) is 2. The number of carbonyl (C=O) groups excluding carboxylic acids is 3. The van der Waals surface area contributed by atoms with Gasteiger partial charge in [0.25, 0.3) is 0 Å². The van der Waals surface area contributed by atoms with Crippen LogP contribution < -0.4 is 21.7 Å². The van der Waals surface area contributed by atoms with Crippen molar-refractivity contribution in [2.45, 2.75) is 43.4 Å². The number of aliphatic hydroxyl groups excluding tert-OH is 1. The Balaban J connectivity index is 2.15. The maximum atomic E-state index is 12.9. The molecule has 36 heavy (non-hydrogen) atoms. The highest BCUT2D eigenvalue weighted by Gasteiger charge is 2.30. The molecule has 1 heterocycles. The molecule has 2 rings (SSSR count). The fraction of sp³-hybridized carbons (Fsp3) is 0.409. The number of fused-ring (bicyclic) bond motifs is 1. The lowest BCUT2D eigenvalue weighted by atomic mass is 10.0. The molecule has 4 unspecified atom stereocenters. The Morgan fingerprint density at radius 1 is 0.944 bits per heavy atom. The van der Waals surface area contributed by atoms with Crippen LogP contribution in [-0.2, 0) is 30.4 Å². The van der Waals surface area contributed by atoms with Crippen LogP contribution in [0.5, 0.6) is 0 Å². The minimum atomic E-state index is -1.48. The lowest BCUT2D eigenvalue weighted by Crippen LogP contribution is -2.58. The maximum absolute atomic E-state index is 12.9. The SMILES string of the molecule is NC(CS)C(=O)NC(CO)C(=O)NC(CCC(=O)O)C(=O)NC(Cc1c[nH]c2ccccc12)C(=O)O. The Bertz CT molecular complexity index is 1110. The number of nitrogens with two attached hydrogens (primary N) is 1. The number of para-hydroxylation sites is 1. The third-order valence-corrected chi connectivity index (χ3v) is 5.74. The van der Waals surface area contributed by atoms with Gasteiger partial charge in [-0.15, -0.1) is 0 Å². The zero-order valence-corrected chi connectivity index (χ0v) is 20.0. The summed E-state index contributed by atoms with van der Waals surface area (Å²) in [6.45, 7) is -0.831. The Kier molecular flexibility index (Phi) is 10.7. The van der Waals surface area contributed by atoms with Crippen molar-refractivity contribution in [3.8, 4) is 0 Å². The number of aromatic nitrogens is 1. The monoisotopic (exact) mass is 523 g/mol. The van der Waals surface area contributed by atoms with Gasteiger partial charge >= 0.3 is 11.9 Å². The number of H-pyrrole nitrogens is 1. The summed E-state index contributed by atoms with van der Waals surface area (Å²) in [5.41, 5.74) is 6.95. The first kappa shape index (κ1) is 28.6. The third-order valence-electron chi connectivity index (χ3n) is 5.34. The van der Waals surface area contributed by atoms with Crippen LogP contribution in [0.15, 0.2) is 30.5 Å². The summed E-state index contributed by atoms with van der Waals surface area (Å²) < 4.78 is 0. The van der Waals surface area contributed by atoms with Crippen LogP contribution in [0.3, 0.4) is 0 Å². The van der Waals surface area contributed by atoms with Gasteiger partial charge in [-0.3, -0.25) is 19.2 Å². The molecule has 13 nitrogen and oxygen atoms in total. The molecule has 0 spiro atoms. The van der Waals surface area contributed by atoms with Crippen LogP contribution >= 0.6 is 12.6 Å². The van der Waals surface area contributed by atoms with Gasteiger partial charge in [0.2, 0.25) is 17.7 Å². The van der Waals surface area contributed by atoms with Crippen LogP contribution in [0.4, 0.5) is 0 Å². The van der Waals surface area contributed by atoms with E-state index in [2.05, 4.69) is 33.6 Å². The Hall–Kier alpha value is -3.62. The first-order chi connectivity index (χ1) is 17.1. The number of rotatable bonds is 14. The number of hydrogen-bond donors (Lipinski definition) is 9. The normalized spacial score (nSPS) is 14.3. The standard InChI is InChI=1S/C22H29N5O8S/c23-13(10-36)19(31)27-17(9-28)21(33)25-15(5-6-18(29)30)20(32)26-16(22(34)35)7-11-8-24-14-4-2-1-3-12(11)14/h1-4,8,13,15-17,24,28,36H,5-7,9-10,23H2,(H,25,33)(H,26,32)(H,27,31)(H,29,30)(H,34,35). The number of benzene rings is 1. The molecule has 3 amide bonds. The third kappa shape index (κ3) is 7.96. The van der Waals surface area contributed by atoms with Crippen LogP contribution in [0.1, 0.15) is 18.4 Å². The summed E-state index contributed by atoms with van der Waals surface area (Å²) in [6, 6.07) is 1.82. The number of nitrogens with one attached hydrogen (secondary N) is 4. The summed E-state index contributed by atoms with van der Waals surface area (Å²) in [6.07, 6.45) is 0.663. The highest BCUT2D eigenvalue weighted by Crippen LogP contribution is 2.19. The number of carbonyl (C=O) groups is 5. The predicted octanol–water partition coefficient (Wildman–Crippen LogP) is -1.64. The molecule has 0 fully saturated rings. The summed E-state index contributed by atoms with van der Waals surface area (Å²) in [7, 11) is 0. The number of carboxylic acids is 2. The molecular formula is C22H29N5O8S. The number of aliphatic hydroxyl groups is 1. The molecule has 196 valence electrons. The predicted molar refractivity (Wildman–Crippen MR) is 131 cm³/mol. The molecule has 0 bridgehead atoms. The average molecular weight is 524 g/mol. The van der Waals surface area contributed by atoms with Gasteiger partial charge in [0.05, 0.1) is 12.6 Å². The molecule has 0 saturated carbocycles. The fourth-order valence-corrected chi connectivity index (χ4v) is 3.52. The molecule has 9 N–H and O–H groups in total. The molecule has 0 aliphatic carbocycles. The van der Waals surface area contributed by atoms with E-state index in [0.29, 0.717) is 5.56 Å². The van der Waals surface area contributed by atoms with Crippen molar-refractivity contribution < 1.29 is 39.3 Å². The van der Waals surface area contributed by atoms with Crippen LogP contribution in [-0.4, -0.2) is 86.5 Å². The van der Waals surface area contributed by atoms with E-state index in [0.717, 1.165) is 10.9 Å². The van der Waals surface area contributed by atoms with Crippen molar-refractivity contribution in [2.75, 3.05) is 12.4 Å². The summed E-state index contributed by atoms with van der Waals surface area (Å²) in [4.78, 5) is 63.4. The van der Waals surface area contributed by atoms with E-state index in [9.17, 15) is 34.2 Å². The Morgan fingerprint density at radius 2 is 1.56 bits per heavy atom. The highest BCUT2D eigenvalue weighted by atomic mass is 32.1. The molecule has 1 aromatic carbocycles. The lowest BCUT2D eigenvalue weighted by molar-refractivity contribution is -0.143. The van der Waals surface area contributed by atoms with Gasteiger partial charge in [0.15, 0.2) is 0 Å². The molecular weight excluding hydrogens is 494 g/mol. The Morgan fingerprint density at radius 3 is 2.17 bits per heavy atom. The average Bonchev–Trinajstić information content (AvgIpc) is 3.26. The Labute approximate surface area is 211 Å². The van der Waals surface area contributed by atoms with E-state index in [1.165, 1.54) is 0 Å². The lowest BCUT2D eigenvalue weighted by Gasteiger charge is -2.24. The van der Waals surface area contributed by atoms with E-state index in [4.69, 9.17) is 10.8 Å². The molecule has 0 aliphatic heterocycles. The second-order valence-corrected chi connectivity index (χ2v) is 8.35. The van der Waals surface area contributed by atoms with E-state index >= 15 is 0 Å². The molecule has 14 heteroatoms. The summed E-state index contributed by atoms with van der Waals surface area (Å²) >= 11 is 3.88. The van der Waals surface area contributed by atoms with Gasteiger partial charge in [-0.1, -0.05) is 18.2 Å². The van der Waals surface area contributed by atoms with Crippen LogP contribution in [0.25, 0.3) is 10.9 Å². The summed E-state index contributed by atoms with van der Waals surface area (Å²) in [5, 5.41) is 35.8. The molecule has 0 aliphatic rings. The smallest absolute Gasteiger partial charge is 0.326 e. The van der Waals surface area contributed by atoms with Gasteiger partial charge in [-0.25, -0.2) is 4.79 Å². The molecule has 2 aromatic rings. The van der Waals surface area contributed by atoms with Crippen molar-refractivity contribution in [2.24, 2.45) is 5.73 Å². The van der Waals surface area contributed by atoms with Crippen molar-refractivity contribution in [1.29, 1.82) is 0 Å². The second-order valence-electron chi connectivity index (χ2n) is 7.99. The number of aromatic amines is 1. The van der Waals surface area contributed by atoms with Gasteiger partial charge in [0.1, 0.15) is 18.1 Å². The first-order valence-corrected chi connectivity index (χ1v) is 11.6.